The lowest BCUT2D eigenvalue weighted by Crippen LogP contribution is -2.31. The lowest BCUT2D eigenvalue weighted by molar-refractivity contribution is 0.285. The van der Waals surface area contributed by atoms with Crippen molar-refractivity contribution in [1.82, 2.24) is 4.90 Å². The second kappa shape index (κ2) is 6.79. The van der Waals surface area contributed by atoms with Crippen LogP contribution in [-0.4, -0.2) is 44.5 Å². The minimum Gasteiger partial charge on any atom is -0.497 e. The maximum Gasteiger partial charge on any atom is 0.153 e. The first-order chi connectivity index (χ1) is 9.92. The average Bonchev–Trinajstić information content (AvgIpc) is 2.65. The van der Waals surface area contributed by atoms with Crippen LogP contribution in [-0.2, 0) is 22.8 Å². The molecule has 1 heterocycles. The normalized spacial score (nSPS) is 16.6. The Bertz CT molecular complexity index is 581. The van der Waals surface area contributed by atoms with Gasteiger partial charge in [0.1, 0.15) is 5.75 Å². The van der Waals surface area contributed by atoms with Gasteiger partial charge in [0.2, 0.25) is 0 Å². The van der Waals surface area contributed by atoms with E-state index in [0.29, 0.717) is 6.54 Å². The van der Waals surface area contributed by atoms with Crippen molar-refractivity contribution < 1.29 is 13.2 Å². The number of nitrogens with zero attached hydrogens (tertiary/aromatic N) is 1. The van der Waals surface area contributed by atoms with Crippen LogP contribution < -0.4 is 4.74 Å². The van der Waals surface area contributed by atoms with Gasteiger partial charge < -0.3 is 4.74 Å². The summed E-state index contributed by atoms with van der Waals surface area (Å²) in [6, 6.07) is 6.18. The Balaban J connectivity index is 2.04. The van der Waals surface area contributed by atoms with Crippen molar-refractivity contribution in [2.75, 3.05) is 26.0 Å². The summed E-state index contributed by atoms with van der Waals surface area (Å²) in [4.78, 5) is 2.25. The molecular weight excluding hydrogens is 286 g/mol. The van der Waals surface area contributed by atoms with E-state index in [4.69, 9.17) is 4.74 Å². The molecule has 4 nitrogen and oxygen atoms in total. The highest BCUT2D eigenvalue weighted by Gasteiger charge is 2.20. The number of hydrogen-bond acceptors (Lipinski definition) is 4. The molecule has 1 aliphatic heterocycles. The van der Waals surface area contributed by atoms with E-state index in [1.54, 1.807) is 21.0 Å². The van der Waals surface area contributed by atoms with E-state index in [-0.39, 0.29) is 11.0 Å². The highest BCUT2D eigenvalue weighted by Crippen LogP contribution is 2.23. The predicted octanol–water partition coefficient (Wildman–Crippen LogP) is 2.27. The van der Waals surface area contributed by atoms with Gasteiger partial charge in [-0.25, -0.2) is 8.42 Å². The number of fused-ring (bicyclic) bond motifs is 1. The van der Waals surface area contributed by atoms with Gasteiger partial charge in [0, 0.05) is 13.1 Å². The van der Waals surface area contributed by atoms with Crippen molar-refractivity contribution in [2.24, 2.45) is 0 Å². The molecular formula is C16H25NO3S. The summed E-state index contributed by atoms with van der Waals surface area (Å²) in [5.74, 6) is 1.14. The summed E-state index contributed by atoms with van der Waals surface area (Å²) >= 11 is 0. The lowest BCUT2D eigenvalue weighted by Gasteiger charge is -2.21. The number of sulfone groups is 1. The molecule has 2 rings (SSSR count). The molecule has 0 aliphatic carbocycles. The van der Waals surface area contributed by atoms with Crippen LogP contribution >= 0.6 is 0 Å². The molecule has 0 bridgehead atoms. The van der Waals surface area contributed by atoms with E-state index >= 15 is 0 Å². The van der Waals surface area contributed by atoms with Gasteiger partial charge in [-0.05, 0) is 56.5 Å². The van der Waals surface area contributed by atoms with E-state index in [1.807, 2.05) is 6.07 Å². The fraction of sp³-hybridized carbons (Fsp3) is 0.625. The minimum absolute atomic E-state index is 0.246. The van der Waals surface area contributed by atoms with Crippen molar-refractivity contribution in [3.63, 3.8) is 0 Å². The zero-order valence-corrected chi connectivity index (χ0v) is 13.9. The quantitative estimate of drug-likeness (QED) is 0.837. The first-order valence-corrected chi connectivity index (χ1v) is 9.23. The first-order valence-electron chi connectivity index (χ1n) is 7.52. The number of benzene rings is 1. The number of methoxy groups -OCH3 is 1. The standard InChI is InChI=1S/C16H25NO3S/c1-13(2)21(18,19)10-9-17-8-4-5-14-11-16(20-3)7-6-15(14)12-17/h6-7,11,13H,4-5,8-10,12H2,1-3H3. The molecule has 1 aromatic rings. The fourth-order valence-electron chi connectivity index (χ4n) is 2.61. The van der Waals surface area contributed by atoms with Gasteiger partial charge in [0.25, 0.3) is 0 Å². The highest BCUT2D eigenvalue weighted by atomic mass is 32.2. The van der Waals surface area contributed by atoms with Crippen LogP contribution in [0.2, 0.25) is 0 Å². The van der Waals surface area contributed by atoms with Gasteiger partial charge in [-0.1, -0.05) is 6.07 Å². The number of ether oxygens (including phenoxy) is 1. The second-order valence-electron chi connectivity index (χ2n) is 5.93. The molecule has 0 spiro atoms. The van der Waals surface area contributed by atoms with E-state index in [0.717, 1.165) is 31.7 Å². The third kappa shape index (κ3) is 4.20. The fourth-order valence-corrected chi connectivity index (χ4v) is 3.60. The number of hydrogen-bond donors (Lipinski definition) is 0. The van der Waals surface area contributed by atoms with E-state index < -0.39 is 9.84 Å². The SMILES string of the molecule is COc1ccc2c(c1)CCCN(CCS(=O)(=O)C(C)C)C2. The maximum atomic E-state index is 11.9. The highest BCUT2D eigenvalue weighted by molar-refractivity contribution is 7.92. The molecule has 0 unspecified atom stereocenters. The molecule has 21 heavy (non-hydrogen) atoms. The van der Waals surface area contributed by atoms with Crippen LogP contribution in [0.15, 0.2) is 18.2 Å². The summed E-state index contributed by atoms with van der Waals surface area (Å²) in [7, 11) is -1.28. The third-order valence-corrected chi connectivity index (χ3v) is 6.33. The van der Waals surface area contributed by atoms with Crippen molar-refractivity contribution in [1.29, 1.82) is 0 Å². The van der Waals surface area contributed by atoms with Crippen molar-refractivity contribution in [2.45, 2.75) is 38.5 Å². The van der Waals surface area contributed by atoms with Crippen LogP contribution in [0.4, 0.5) is 0 Å². The monoisotopic (exact) mass is 311 g/mol. The summed E-state index contributed by atoms with van der Waals surface area (Å²) in [6.45, 7) is 5.89. The van der Waals surface area contributed by atoms with Gasteiger partial charge in [0.05, 0.1) is 18.1 Å². The first kappa shape index (κ1) is 16.3. The van der Waals surface area contributed by atoms with E-state index in [9.17, 15) is 8.42 Å². The van der Waals surface area contributed by atoms with Gasteiger partial charge in [0.15, 0.2) is 9.84 Å². The van der Waals surface area contributed by atoms with Gasteiger partial charge in [-0.2, -0.15) is 0 Å². The lowest BCUT2D eigenvalue weighted by atomic mass is 10.0. The molecule has 0 radical (unpaired) electrons. The molecule has 0 saturated heterocycles. The van der Waals surface area contributed by atoms with Crippen LogP contribution in [0, 0.1) is 0 Å². The molecule has 1 aliphatic rings. The molecule has 0 fully saturated rings. The van der Waals surface area contributed by atoms with Crippen LogP contribution in [0.3, 0.4) is 0 Å². The number of rotatable bonds is 5. The molecule has 118 valence electrons. The largest absolute Gasteiger partial charge is 0.497 e. The maximum absolute atomic E-state index is 11.9. The Hall–Kier alpha value is -1.07. The zero-order valence-electron chi connectivity index (χ0n) is 13.1. The predicted molar refractivity (Wildman–Crippen MR) is 85.5 cm³/mol. The van der Waals surface area contributed by atoms with Gasteiger partial charge in [-0.3, -0.25) is 4.90 Å². The summed E-state index contributed by atoms with van der Waals surface area (Å²) in [6.07, 6.45) is 2.09. The third-order valence-electron chi connectivity index (χ3n) is 4.14. The summed E-state index contributed by atoms with van der Waals surface area (Å²) < 4.78 is 29.2. The molecule has 0 amide bonds. The van der Waals surface area contributed by atoms with Crippen LogP contribution in [0.5, 0.6) is 5.75 Å². The van der Waals surface area contributed by atoms with E-state index in [1.165, 1.54) is 11.1 Å². The molecule has 0 N–H and O–H groups in total. The topological polar surface area (TPSA) is 46.6 Å². The molecule has 1 aromatic carbocycles. The Kier molecular flexibility index (Phi) is 5.27. The second-order valence-corrected chi connectivity index (χ2v) is 8.61. The van der Waals surface area contributed by atoms with Crippen molar-refractivity contribution in [3.8, 4) is 5.75 Å². The van der Waals surface area contributed by atoms with Gasteiger partial charge in [-0.15, -0.1) is 0 Å². The Labute approximate surface area is 128 Å². The smallest absolute Gasteiger partial charge is 0.153 e. The zero-order chi connectivity index (χ0) is 15.5. The van der Waals surface area contributed by atoms with Gasteiger partial charge >= 0.3 is 0 Å². The van der Waals surface area contributed by atoms with Crippen molar-refractivity contribution in [3.05, 3.63) is 29.3 Å². The Morgan fingerprint density at radius 1 is 1.29 bits per heavy atom. The molecule has 0 saturated carbocycles. The molecule has 5 heteroatoms. The molecule has 0 atom stereocenters. The van der Waals surface area contributed by atoms with Crippen LogP contribution in [0.25, 0.3) is 0 Å². The van der Waals surface area contributed by atoms with Crippen LogP contribution in [0.1, 0.15) is 31.4 Å². The summed E-state index contributed by atoms with van der Waals surface area (Å²) in [5, 5.41) is -0.291. The molecule has 0 aromatic heterocycles. The average molecular weight is 311 g/mol. The Morgan fingerprint density at radius 2 is 2.05 bits per heavy atom. The van der Waals surface area contributed by atoms with E-state index in [2.05, 4.69) is 17.0 Å². The number of aryl methyl sites for hydroxylation is 1. The Morgan fingerprint density at radius 3 is 2.71 bits per heavy atom. The van der Waals surface area contributed by atoms with Crippen molar-refractivity contribution >= 4 is 9.84 Å². The minimum atomic E-state index is -2.96. The summed E-state index contributed by atoms with van der Waals surface area (Å²) in [5.41, 5.74) is 2.61.